The van der Waals surface area contributed by atoms with Crippen LogP contribution >= 0.6 is 0 Å². The molecule has 4 heteroatoms. The number of aryl methyl sites for hydroxylation is 1. The Balaban J connectivity index is 1.61. The number of anilines is 1. The average Bonchev–Trinajstić information content (AvgIpc) is 2.71. The van der Waals surface area contributed by atoms with E-state index < -0.39 is 6.04 Å². The van der Waals surface area contributed by atoms with Crippen molar-refractivity contribution in [2.45, 2.75) is 32.7 Å². The third-order valence-corrected chi connectivity index (χ3v) is 4.77. The maximum atomic E-state index is 12.8. The molecule has 28 heavy (non-hydrogen) atoms. The third-order valence-electron chi connectivity index (χ3n) is 4.77. The molecular formula is C24H26N2O2. The van der Waals surface area contributed by atoms with Crippen LogP contribution in [0.25, 0.3) is 10.8 Å². The van der Waals surface area contributed by atoms with E-state index in [0.29, 0.717) is 12.8 Å². The normalized spacial score (nSPS) is 12.0. The molecule has 0 heterocycles. The van der Waals surface area contributed by atoms with Crippen molar-refractivity contribution in [2.24, 2.45) is 5.92 Å². The van der Waals surface area contributed by atoms with Crippen LogP contribution in [0.15, 0.2) is 72.8 Å². The van der Waals surface area contributed by atoms with Gasteiger partial charge in [0.25, 0.3) is 0 Å². The molecule has 2 amide bonds. The van der Waals surface area contributed by atoms with E-state index in [2.05, 4.69) is 10.6 Å². The fourth-order valence-corrected chi connectivity index (χ4v) is 3.17. The van der Waals surface area contributed by atoms with Gasteiger partial charge in [0.1, 0.15) is 6.04 Å². The van der Waals surface area contributed by atoms with E-state index >= 15 is 0 Å². The van der Waals surface area contributed by atoms with Crippen LogP contribution in [-0.4, -0.2) is 17.9 Å². The van der Waals surface area contributed by atoms with Crippen LogP contribution in [0.2, 0.25) is 0 Å². The van der Waals surface area contributed by atoms with Gasteiger partial charge in [-0.1, -0.05) is 74.5 Å². The molecule has 0 aliphatic heterocycles. The molecule has 1 atom stereocenters. The van der Waals surface area contributed by atoms with E-state index in [1.165, 1.54) is 0 Å². The van der Waals surface area contributed by atoms with Crippen molar-refractivity contribution < 1.29 is 9.59 Å². The van der Waals surface area contributed by atoms with Crippen molar-refractivity contribution in [2.75, 3.05) is 5.32 Å². The van der Waals surface area contributed by atoms with Crippen molar-refractivity contribution >= 4 is 28.3 Å². The van der Waals surface area contributed by atoms with E-state index in [1.54, 1.807) is 0 Å². The minimum Gasteiger partial charge on any atom is -0.344 e. The van der Waals surface area contributed by atoms with E-state index in [9.17, 15) is 9.59 Å². The zero-order valence-corrected chi connectivity index (χ0v) is 16.3. The second-order valence-corrected chi connectivity index (χ2v) is 7.33. The Labute approximate surface area is 166 Å². The van der Waals surface area contributed by atoms with Gasteiger partial charge in [0.2, 0.25) is 11.8 Å². The molecule has 0 radical (unpaired) electrons. The number of benzene rings is 3. The molecule has 3 rings (SSSR count). The lowest BCUT2D eigenvalue weighted by atomic mass is 10.0. The Bertz CT molecular complexity index is 951. The fourth-order valence-electron chi connectivity index (χ4n) is 3.17. The molecule has 144 valence electrons. The van der Waals surface area contributed by atoms with Crippen molar-refractivity contribution in [3.63, 3.8) is 0 Å². The summed E-state index contributed by atoms with van der Waals surface area (Å²) in [6.07, 6.45) is 1.01. The molecule has 0 bridgehead atoms. The number of hydrogen-bond acceptors (Lipinski definition) is 2. The van der Waals surface area contributed by atoms with Crippen LogP contribution in [0.1, 0.15) is 25.8 Å². The lowest BCUT2D eigenvalue weighted by molar-refractivity contribution is -0.127. The van der Waals surface area contributed by atoms with Gasteiger partial charge < -0.3 is 10.6 Å². The topological polar surface area (TPSA) is 58.2 Å². The lowest BCUT2D eigenvalue weighted by Gasteiger charge is -2.22. The van der Waals surface area contributed by atoms with Crippen molar-refractivity contribution in [1.29, 1.82) is 0 Å². The Morgan fingerprint density at radius 1 is 0.857 bits per heavy atom. The zero-order chi connectivity index (χ0) is 19.9. The molecule has 0 aromatic heterocycles. The summed E-state index contributed by atoms with van der Waals surface area (Å²) >= 11 is 0. The molecule has 3 aromatic rings. The molecule has 0 spiro atoms. The number of carbonyl (C=O) groups excluding carboxylic acids is 2. The summed E-state index contributed by atoms with van der Waals surface area (Å²) in [6.45, 7) is 3.87. The standard InChI is InChI=1S/C24H26N2O2/c1-17(2)23(26-22(27)15-12-18-8-4-3-5-9-18)24(28)25-21-14-13-19-10-6-7-11-20(19)16-21/h3-11,13-14,16-17,23H,12,15H2,1-2H3,(H,25,28)(H,26,27). The first-order valence-corrected chi connectivity index (χ1v) is 9.66. The van der Waals surface area contributed by atoms with Gasteiger partial charge in [-0.2, -0.15) is 0 Å². The first kappa shape index (κ1) is 19.6. The maximum absolute atomic E-state index is 12.8. The quantitative estimate of drug-likeness (QED) is 0.637. The first-order chi connectivity index (χ1) is 13.5. The van der Waals surface area contributed by atoms with Gasteiger partial charge >= 0.3 is 0 Å². The molecule has 0 aliphatic rings. The highest BCUT2D eigenvalue weighted by molar-refractivity contribution is 5.99. The predicted molar refractivity (Wildman–Crippen MR) is 114 cm³/mol. The van der Waals surface area contributed by atoms with Gasteiger partial charge in [-0.05, 0) is 40.8 Å². The van der Waals surface area contributed by atoms with Crippen molar-refractivity contribution in [3.8, 4) is 0 Å². The molecule has 0 fully saturated rings. The largest absolute Gasteiger partial charge is 0.344 e. The van der Waals surface area contributed by atoms with Crippen LogP contribution in [0.5, 0.6) is 0 Å². The highest BCUT2D eigenvalue weighted by Gasteiger charge is 2.24. The number of nitrogens with one attached hydrogen (secondary N) is 2. The highest BCUT2D eigenvalue weighted by Crippen LogP contribution is 2.19. The Kier molecular flexibility index (Phi) is 6.43. The average molecular weight is 374 g/mol. The summed E-state index contributed by atoms with van der Waals surface area (Å²) in [6, 6.07) is 23.1. The van der Waals surface area contributed by atoms with Crippen LogP contribution in [0.3, 0.4) is 0 Å². The summed E-state index contributed by atoms with van der Waals surface area (Å²) in [5.41, 5.74) is 1.84. The first-order valence-electron chi connectivity index (χ1n) is 9.66. The van der Waals surface area contributed by atoms with Crippen molar-refractivity contribution in [1.82, 2.24) is 5.32 Å². The molecule has 2 N–H and O–H groups in total. The SMILES string of the molecule is CC(C)C(NC(=O)CCc1ccccc1)C(=O)Nc1ccc2ccccc2c1. The molecular weight excluding hydrogens is 348 g/mol. The van der Waals surface area contributed by atoms with Crippen molar-refractivity contribution in [3.05, 3.63) is 78.4 Å². The third kappa shape index (κ3) is 5.19. The van der Waals surface area contributed by atoms with Crippen LogP contribution in [0, 0.1) is 5.92 Å². The van der Waals surface area contributed by atoms with E-state index in [-0.39, 0.29) is 17.7 Å². The molecule has 0 aliphatic carbocycles. The van der Waals surface area contributed by atoms with Crippen LogP contribution in [-0.2, 0) is 16.0 Å². The highest BCUT2D eigenvalue weighted by atomic mass is 16.2. The van der Waals surface area contributed by atoms with Gasteiger partial charge in [-0.15, -0.1) is 0 Å². The van der Waals surface area contributed by atoms with E-state index in [0.717, 1.165) is 22.0 Å². The van der Waals surface area contributed by atoms with Gasteiger partial charge in [-0.25, -0.2) is 0 Å². The molecule has 3 aromatic carbocycles. The molecule has 0 saturated heterocycles. The second kappa shape index (κ2) is 9.18. The minimum atomic E-state index is -0.574. The van der Waals surface area contributed by atoms with Crippen LogP contribution < -0.4 is 10.6 Å². The monoisotopic (exact) mass is 374 g/mol. The molecule has 1 unspecified atom stereocenters. The summed E-state index contributed by atoms with van der Waals surface area (Å²) in [7, 11) is 0. The summed E-state index contributed by atoms with van der Waals surface area (Å²) in [4.78, 5) is 25.1. The van der Waals surface area contributed by atoms with Gasteiger partial charge in [0.15, 0.2) is 0 Å². The zero-order valence-electron chi connectivity index (χ0n) is 16.3. The second-order valence-electron chi connectivity index (χ2n) is 7.33. The number of fused-ring (bicyclic) bond motifs is 1. The Hall–Kier alpha value is -3.14. The number of carbonyl (C=O) groups is 2. The predicted octanol–water partition coefficient (Wildman–Crippen LogP) is 4.55. The van der Waals surface area contributed by atoms with Gasteiger partial charge in [-0.3, -0.25) is 9.59 Å². The van der Waals surface area contributed by atoms with Gasteiger partial charge in [0.05, 0.1) is 0 Å². The lowest BCUT2D eigenvalue weighted by Crippen LogP contribution is -2.47. The number of amides is 2. The summed E-state index contributed by atoms with van der Waals surface area (Å²) in [5.74, 6) is -0.323. The van der Waals surface area contributed by atoms with E-state index in [4.69, 9.17) is 0 Å². The summed E-state index contributed by atoms with van der Waals surface area (Å²) in [5, 5.41) is 8.02. The van der Waals surface area contributed by atoms with Crippen LogP contribution in [0.4, 0.5) is 5.69 Å². The minimum absolute atomic E-state index is 0.0128. The smallest absolute Gasteiger partial charge is 0.247 e. The van der Waals surface area contributed by atoms with Gasteiger partial charge in [0, 0.05) is 12.1 Å². The van der Waals surface area contributed by atoms with E-state index in [1.807, 2.05) is 86.6 Å². The fraction of sp³-hybridized carbons (Fsp3) is 0.250. The molecule has 4 nitrogen and oxygen atoms in total. The Morgan fingerprint density at radius 3 is 2.25 bits per heavy atom. The molecule has 0 saturated carbocycles. The Morgan fingerprint density at radius 2 is 1.54 bits per heavy atom. The maximum Gasteiger partial charge on any atom is 0.247 e. The number of hydrogen-bond donors (Lipinski definition) is 2. The summed E-state index contributed by atoms with van der Waals surface area (Å²) < 4.78 is 0. The number of rotatable bonds is 7.